The van der Waals surface area contributed by atoms with Crippen molar-refractivity contribution in [2.45, 2.75) is 62.9 Å². The molecule has 2 aromatic rings. The van der Waals surface area contributed by atoms with E-state index in [1.165, 1.54) is 12.4 Å². The predicted octanol–water partition coefficient (Wildman–Crippen LogP) is -1.13. The van der Waals surface area contributed by atoms with Gasteiger partial charge in [0, 0.05) is 31.6 Å². The number of aromatic nitrogens is 4. The SMILES string of the molecule is COP(=O)(OC(O)[C@@H]1CC[C@H](n2ccc(=O)[nH]c2=O)O1)OC(O)[C@@H]1CC[C@H](n2ccc(=O)[nH]c2=O)O1. The first-order valence-corrected chi connectivity index (χ1v) is 12.4. The number of aliphatic hydroxyl groups excluding tert-OH is 2. The van der Waals surface area contributed by atoms with E-state index in [9.17, 15) is 34.0 Å². The first kappa shape index (κ1) is 26.4. The zero-order valence-corrected chi connectivity index (χ0v) is 19.8. The molecule has 36 heavy (non-hydrogen) atoms. The maximum atomic E-state index is 12.9. The standard InChI is InChI=1S/C19H25N4O12P/c1-31-36(30,34-16(26)10-2-4-14(32-10)22-8-6-12(24)20-18(22)28)35-17(27)11-3-5-15(33-11)23-9-7-13(25)21-19(23)29/h6-11,14-17,26-27H,2-5H2,1H3,(H,20,24,28)(H,21,25,29)/t10-,11-,14+,15+,16?,17?,36?/m0/s1. The number of ether oxygens (including phenoxy) is 2. The van der Waals surface area contributed by atoms with E-state index in [0.29, 0.717) is 0 Å². The molecule has 4 N–H and O–H groups in total. The highest BCUT2D eigenvalue weighted by molar-refractivity contribution is 7.48. The molecule has 2 saturated heterocycles. The first-order valence-electron chi connectivity index (χ1n) is 10.9. The quantitative estimate of drug-likeness (QED) is 0.223. The third-order valence-corrected chi connectivity index (χ3v) is 7.11. The summed E-state index contributed by atoms with van der Waals surface area (Å²) in [5, 5.41) is 20.8. The van der Waals surface area contributed by atoms with Crippen LogP contribution < -0.4 is 22.5 Å². The fraction of sp³-hybridized carbons (Fsp3) is 0.579. The normalized spacial score (nSPS) is 27.5. The van der Waals surface area contributed by atoms with Gasteiger partial charge in [0.25, 0.3) is 11.1 Å². The second-order valence-electron chi connectivity index (χ2n) is 8.07. The molecule has 2 unspecified atom stereocenters. The highest BCUT2D eigenvalue weighted by Crippen LogP contribution is 2.52. The lowest BCUT2D eigenvalue weighted by molar-refractivity contribution is -0.173. The topological polar surface area (TPSA) is 213 Å². The summed E-state index contributed by atoms with van der Waals surface area (Å²) >= 11 is 0. The Balaban J connectivity index is 1.35. The molecule has 0 radical (unpaired) electrons. The number of aromatic amines is 2. The molecule has 2 aromatic heterocycles. The van der Waals surface area contributed by atoms with E-state index in [2.05, 4.69) is 9.97 Å². The number of hydrogen-bond acceptors (Lipinski definition) is 12. The van der Waals surface area contributed by atoms with E-state index in [1.807, 2.05) is 0 Å². The molecule has 0 saturated carbocycles. The summed E-state index contributed by atoms with van der Waals surface area (Å²) < 4.78 is 41.3. The number of nitrogens with zero attached hydrogens (tertiary/aromatic N) is 2. The molecular formula is C19H25N4O12P. The molecule has 2 fully saturated rings. The number of aliphatic hydroxyl groups is 2. The predicted molar refractivity (Wildman–Crippen MR) is 118 cm³/mol. The Labute approximate surface area is 201 Å². The number of phosphoric ester groups is 1. The Morgan fingerprint density at radius 3 is 1.64 bits per heavy atom. The lowest BCUT2D eigenvalue weighted by atomic mass is 10.2. The van der Waals surface area contributed by atoms with Crippen LogP contribution in [0.3, 0.4) is 0 Å². The number of nitrogens with one attached hydrogen (secondary N) is 2. The minimum absolute atomic E-state index is 0.199. The highest BCUT2D eigenvalue weighted by Gasteiger charge is 2.42. The van der Waals surface area contributed by atoms with E-state index in [4.69, 9.17) is 23.0 Å². The lowest BCUT2D eigenvalue weighted by Crippen LogP contribution is -2.34. The van der Waals surface area contributed by atoms with Gasteiger partial charge in [-0.05, 0) is 25.7 Å². The summed E-state index contributed by atoms with van der Waals surface area (Å²) in [6, 6.07) is 2.28. The first-order chi connectivity index (χ1) is 17.1. The van der Waals surface area contributed by atoms with Gasteiger partial charge in [0.15, 0.2) is 12.6 Å². The molecule has 4 rings (SSSR count). The van der Waals surface area contributed by atoms with Crippen molar-refractivity contribution in [1.82, 2.24) is 19.1 Å². The second kappa shape index (κ2) is 10.7. The zero-order chi connectivity index (χ0) is 26.0. The van der Waals surface area contributed by atoms with Gasteiger partial charge in [0.05, 0.1) is 0 Å². The Kier molecular flexibility index (Phi) is 7.87. The molecule has 0 aliphatic carbocycles. The van der Waals surface area contributed by atoms with Gasteiger partial charge in [-0.2, -0.15) is 0 Å². The molecule has 0 amide bonds. The average molecular weight is 532 g/mol. The fourth-order valence-electron chi connectivity index (χ4n) is 3.94. The van der Waals surface area contributed by atoms with Crippen LogP contribution in [-0.2, 0) is 27.6 Å². The summed E-state index contributed by atoms with van der Waals surface area (Å²) in [5.41, 5.74) is -2.54. The van der Waals surface area contributed by atoms with Gasteiger partial charge in [-0.3, -0.25) is 42.3 Å². The summed E-state index contributed by atoms with van der Waals surface area (Å²) in [6.45, 7) is 0. The van der Waals surface area contributed by atoms with Crippen LogP contribution >= 0.6 is 7.82 Å². The Morgan fingerprint density at radius 1 is 0.861 bits per heavy atom. The Morgan fingerprint density at radius 2 is 1.28 bits per heavy atom. The smallest absolute Gasteiger partial charge is 0.365 e. The summed E-state index contributed by atoms with van der Waals surface area (Å²) in [6.07, 6.45) is -3.87. The van der Waals surface area contributed by atoms with Gasteiger partial charge in [0.2, 0.25) is 0 Å². The van der Waals surface area contributed by atoms with Crippen LogP contribution in [0.4, 0.5) is 0 Å². The molecular weight excluding hydrogens is 507 g/mol. The third kappa shape index (κ3) is 5.82. The molecule has 6 atom stereocenters. The monoisotopic (exact) mass is 532 g/mol. The minimum Gasteiger partial charge on any atom is -0.365 e. The van der Waals surface area contributed by atoms with Crippen LogP contribution in [0.2, 0.25) is 0 Å². The van der Waals surface area contributed by atoms with Crippen LogP contribution in [0.25, 0.3) is 0 Å². The van der Waals surface area contributed by atoms with E-state index >= 15 is 0 Å². The molecule has 16 nitrogen and oxygen atoms in total. The molecule has 198 valence electrons. The largest absolute Gasteiger partial charge is 0.479 e. The van der Waals surface area contributed by atoms with Crippen molar-refractivity contribution in [3.8, 4) is 0 Å². The molecule has 17 heteroatoms. The van der Waals surface area contributed by atoms with Crippen molar-refractivity contribution in [1.29, 1.82) is 0 Å². The van der Waals surface area contributed by atoms with Gasteiger partial charge in [-0.1, -0.05) is 0 Å². The summed E-state index contributed by atoms with van der Waals surface area (Å²) in [7, 11) is -3.54. The number of phosphoric acid groups is 1. The van der Waals surface area contributed by atoms with Crippen LogP contribution in [-0.4, -0.2) is 61.2 Å². The average Bonchev–Trinajstić information content (AvgIpc) is 3.49. The van der Waals surface area contributed by atoms with Gasteiger partial charge >= 0.3 is 19.2 Å². The van der Waals surface area contributed by atoms with Gasteiger partial charge in [0.1, 0.15) is 24.7 Å². The Bertz CT molecular complexity index is 1250. The fourth-order valence-corrected chi connectivity index (χ4v) is 4.96. The van der Waals surface area contributed by atoms with Gasteiger partial charge in [-0.25, -0.2) is 14.2 Å². The maximum Gasteiger partial charge on any atom is 0.479 e. The maximum absolute atomic E-state index is 12.9. The van der Waals surface area contributed by atoms with Crippen molar-refractivity contribution in [2.75, 3.05) is 7.11 Å². The van der Waals surface area contributed by atoms with Crippen LogP contribution in [0.1, 0.15) is 38.1 Å². The minimum atomic E-state index is -4.53. The molecule has 2 aliphatic rings. The van der Waals surface area contributed by atoms with Crippen LogP contribution in [0.15, 0.2) is 43.7 Å². The van der Waals surface area contributed by atoms with E-state index in [-0.39, 0.29) is 25.7 Å². The number of rotatable bonds is 9. The van der Waals surface area contributed by atoms with Gasteiger partial charge < -0.3 is 19.7 Å². The highest BCUT2D eigenvalue weighted by atomic mass is 31.2. The molecule has 0 spiro atoms. The van der Waals surface area contributed by atoms with E-state index in [1.54, 1.807) is 0 Å². The van der Waals surface area contributed by atoms with Crippen molar-refractivity contribution in [2.24, 2.45) is 0 Å². The number of H-pyrrole nitrogens is 2. The van der Waals surface area contributed by atoms with Crippen LogP contribution in [0.5, 0.6) is 0 Å². The third-order valence-electron chi connectivity index (χ3n) is 5.72. The molecule has 2 aliphatic heterocycles. The summed E-state index contributed by atoms with van der Waals surface area (Å²) in [4.78, 5) is 50.6. The van der Waals surface area contributed by atoms with E-state index < -0.39 is 67.6 Å². The summed E-state index contributed by atoms with van der Waals surface area (Å²) in [5.74, 6) is 0. The number of hydrogen-bond donors (Lipinski definition) is 4. The molecule has 4 heterocycles. The lowest BCUT2D eigenvalue weighted by Gasteiger charge is -2.26. The van der Waals surface area contributed by atoms with Crippen LogP contribution in [0, 0.1) is 0 Å². The van der Waals surface area contributed by atoms with Crippen molar-refractivity contribution >= 4 is 7.82 Å². The van der Waals surface area contributed by atoms with Gasteiger partial charge in [-0.15, -0.1) is 0 Å². The zero-order valence-electron chi connectivity index (χ0n) is 18.9. The Hall–Kier alpha value is -2.69. The molecule has 0 bridgehead atoms. The van der Waals surface area contributed by atoms with Crippen molar-refractivity contribution in [3.63, 3.8) is 0 Å². The molecule has 0 aromatic carbocycles. The van der Waals surface area contributed by atoms with Crippen molar-refractivity contribution < 1.29 is 37.8 Å². The van der Waals surface area contributed by atoms with E-state index in [0.717, 1.165) is 28.4 Å². The second-order valence-corrected chi connectivity index (χ2v) is 9.75. The van der Waals surface area contributed by atoms with Crippen molar-refractivity contribution in [3.05, 3.63) is 66.2 Å².